The van der Waals surface area contributed by atoms with Gasteiger partial charge in [0.25, 0.3) is 0 Å². The maximum absolute atomic E-state index is 12.6. The number of thiophene rings is 1. The van der Waals surface area contributed by atoms with E-state index in [0.717, 1.165) is 34.4 Å². The van der Waals surface area contributed by atoms with Gasteiger partial charge in [-0.15, -0.1) is 21.5 Å². The minimum atomic E-state index is 0.0260. The van der Waals surface area contributed by atoms with Crippen molar-refractivity contribution in [1.82, 2.24) is 20.1 Å². The Morgan fingerprint density at radius 2 is 1.73 bits per heavy atom. The molecule has 5 rings (SSSR count). The van der Waals surface area contributed by atoms with E-state index in [0.29, 0.717) is 5.75 Å². The van der Waals surface area contributed by atoms with Gasteiger partial charge in [-0.3, -0.25) is 9.36 Å². The van der Waals surface area contributed by atoms with Gasteiger partial charge in [0.05, 0.1) is 10.6 Å². The van der Waals surface area contributed by atoms with E-state index in [4.69, 9.17) is 0 Å². The molecule has 0 saturated carbocycles. The van der Waals surface area contributed by atoms with E-state index in [1.165, 1.54) is 22.9 Å². The lowest BCUT2D eigenvalue weighted by molar-refractivity contribution is -0.119. The molecule has 0 unspecified atom stereocenters. The van der Waals surface area contributed by atoms with Crippen molar-refractivity contribution in [2.75, 3.05) is 5.75 Å². The second kappa shape index (κ2) is 8.45. The summed E-state index contributed by atoms with van der Waals surface area (Å²) in [6, 6.07) is 22.6. The summed E-state index contributed by atoms with van der Waals surface area (Å²) in [7, 11) is 0. The Bertz CT molecular complexity index is 1130. The number of hydrogen-bond donors (Lipinski definition) is 1. The van der Waals surface area contributed by atoms with E-state index in [1.807, 2.05) is 52.4 Å². The predicted octanol–water partition coefficient (Wildman–Crippen LogP) is 4.37. The van der Waals surface area contributed by atoms with Crippen LogP contribution in [0.1, 0.15) is 11.1 Å². The molecule has 0 fully saturated rings. The van der Waals surface area contributed by atoms with Crippen molar-refractivity contribution in [3.63, 3.8) is 0 Å². The predicted molar refractivity (Wildman–Crippen MR) is 121 cm³/mol. The van der Waals surface area contributed by atoms with Crippen LogP contribution < -0.4 is 5.32 Å². The molecule has 0 radical (unpaired) electrons. The van der Waals surface area contributed by atoms with Crippen molar-refractivity contribution < 1.29 is 4.79 Å². The van der Waals surface area contributed by atoms with Gasteiger partial charge >= 0.3 is 0 Å². The maximum Gasteiger partial charge on any atom is 0.230 e. The van der Waals surface area contributed by atoms with E-state index in [9.17, 15) is 4.79 Å². The van der Waals surface area contributed by atoms with Crippen LogP contribution in [-0.2, 0) is 17.6 Å². The fourth-order valence-electron chi connectivity index (χ4n) is 3.80. The highest BCUT2D eigenvalue weighted by atomic mass is 32.2. The van der Waals surface area contributed by atoms with Gasteiger partial charge in [0.15, 0.2) is 11.0 Å². The first-order chi connectivity index (χ1) is 14.8. The molecular weight excluding hydrogens is 412 g/mol. The summed E-state index contributed by atoms with van der Waals surface area (Å²) in [6.45, 7) is 0. The molecule has 0 bridgehead atoms. The molecule has 1 aliphatic carbocycles. The van der Waals surface area contributed by atoms with E-state index in [1.54, 1.807) is 11.3 Å². The number of nitrogens with one attached hydrogen (secondary N) is 1. The summed E-state index contributed by atoms with van der Waals surface area (Å²) in [4.78, 5) is 13.7. The van der Waals surface area contributed by atoms with Crippen LogP contribution in [0, 0.1) is 0 Å². The third-order valence-corrected chi connectivity index (χ3v) is 6.93. The molecule has 0 aliphatic heterocycles. The third-order valence-electron chi connectivity index (χ3n) is 5.14. The number of rotatable bonds is 6. The topological polar surface area (TPSA) is 59.8 Å². The quantitative estimate of drug-likeness (QED) is 0.460. The van der Waals surface area contributed by atoms with Crippen molar-refractivity contribution in [2.24, 2.45) is 0 Å². The van der Waals surface area contributed by atoms with Gasteiger partial charge in [0.2, 0.25) is 5.91 Å². The lowest BCUT2D eigenvalue weighted by atomic mass is 10.1. The number of para-hydroxylation sites is 1. The molecule has 0 saturated heterocycles. The summed E-state index contributed by atoms with van der Waals surface area (Å²) >= 11 is 3.04. The molecule has 2 aromatic carbocycles. The van der Waals surface area contributed by atoms with Crippen LogP contribution in [0.4, 0.5) is 0 Å². The molecular formula is C23H20N4OS2. The van der Waals surface area contributed by atoms with E-state index in [2.05, 4.69) is 39.8 Å². The van der Waals surface area contributed by atoms with Crippen LogP contribution in [0.3, 0.4) is 0 Å². The molecule has 1 N–H and O–H groups in total. The zero-order valence-electron chi connectivity index (χ0n) is 16.2. The highest BCUT2D eigenvalue weighted by Crippen LogP contribution is 2.30. The Balaban J connectivity index is 1.30. The van der Waals surface area contributed by atoms with Gasteiger partial charge in [-0.2, -0.15) is 0 Å². The molecule has 2 heterocycles. The van der Waals surface area contributed by atoms with Crippen LogP contribution in [-0.4, -0.2) is 32.5 Å². The fourth-order valence-corrected chi connectivity index (χ4v) is 5.26. The monoisotopic (exact) mass is 432 g/mol. The van der Waals surface area contributed by atoms with Gasteiger partial charge in [-0.25, -0.2) is 0 Å². The standard InChI is InChI=1S/C23H20N4OS2/c28-21(24-18-13-16-7-4-5-8-17(16)14-18)15-30-23-26-25-22(20-11-6-12-29-20)27(23)19-9-2-1-3-10-19/h1-12,18H,13-15H2,(H,24,28). The summed E-state index contributed by atoms with van der Waals surface area (Å²) in [5.41, 5.74) is 3.65. The van der Waals surface area contributed by atoms with Crippen LogP contribution in [0.5, 0.6) is 0 Å². The first kappa shape index (κ1) is 19.1. The van der Waals surface area contributed by atoms with Crippen molar-refractivity contribution in [3.8, 4) is 16.4 Å². The Hall–Kier alpha value is -2.90. The number of thioether (sulfide) groups is 1. The van der Waals surface area contributed by atoms with E-state index in [-0.39, 0.29) is 11.9 Å². The van der Waals surface area contributed by atoms with Gasteiger partial charge < -0.3 is 5.32 Å². The zero-order chi connectivity index (χ0) is 20.3. The Labute approximate surface area is 183 Å². The lowest BCUT2D eigenvalue weighted by Crippen LogP contribution is -2.36. The summed E-state index contributed by atoms with van der Waals surface area (Å²) in [6.07, 6.45) is 1.80. The smallest absolute Gasteiger partial charge is 0.230 e. The number of fused-ring (bicyclic) bond motifs is 1. The fraction of sp³-hybridized carbons (Fsp3) is 0.174. The first-order valence-electron chi connectivity index (χ1n) is 9.81. The van der Waals surface area contributed by atoms with Crippen LogP contribution in [0.15, 0.2) is 77.3 Å². The summed E-state index contributed by atoms with van der Waals surface area (Å²) in [5, 5.41) is 14.7. The molecule has 2 aromatic heterocycles. The lowest BCUT2D eigenvalue weighted by Gasteiger charge is -2.12. The zero-order valence-corrected chi connectivity index (χ0v) is 17.8. The average molecular weight is 433 g/mol. The normalized spacial score (nSPS) is 13.3. The molecule has 1 amide bonds. The average Bonchev–Trinajstić information content (AvgIpc) is 3.51. The highest BCUT2D eigenvalue weighted by molar-refractivity contribution is 7.99. The van der Waals surface area contributed by atoms with Gasteiger partial charge in [0.1, 0.15) is 0 Å². The molecule has 5 nitrogen and oxygen atoms in total. The van der Waals surface area contributed by atoms with Crippen molar-refractivity contribution >= 4 is 29.0 Å². The number of nitrogens with zero attached hydrogens (tertiary/aromatic N) is 3. The van der Waals surface area contributed by atoms with Crippen LogP contribution >= 0.6 is 23.1 Å². The number of hydrogen-bond acceptors (Lipinski definition) is 5. The Morgan fingerprint density at radius 3 is 2.43 bits per heavy atom. The second-order valence-corrected chi connectivity index (χ2v) is 9.07. The maximum atomic E-state index is 12.6. The molecule has 0 atom stereocenters. The highest BCUT2D eigenvalue weighted by Gasteiger charge is 2.23. The van der Waals surface area contributed by atoms with Gasteiger partial charge in [-0.05, 0) is 47.5 Å². The number of aromatic nitrogens is 3. The van der Waals surface area contributed by atoms with Gasteiger partial charge in [-0.1, -0.05) is 60.3 Å². The minimum absolute atomic E-state index is 0.0260. The van der Waals surface area contributed by atoms with Crippen molar-refractivity contribution in [1.29, 1.82) is 0 Å². The number of carbonyl (C=O) groups excluding carboxylic acids is 1. The third kappa shape index (κ3) is 3.91. The molecule has 7 heteroatoms. The number of carbonyl (C=O) groups is 1. The molecule has 30 heavy (non-hydrogen) atoms. The molecule has 4 aromatic rings. The summed E-state index contributed by atoms with van der Waals surface area (Å²) in [5.74, 6) is 1.13. The minimum Gasteiger partial charge on any atom is -0.352 e. The molecule has 1 aliphatic rings. The van der Waals surface area contributed by atoms with E-state index >= 15 is 0 Å². The SMILES string of the molecule is O=C(CSc1nnc(-c2cccs2)n1-c1ccccc1)NC1Cc2ccccc2C1. The molecule has 0 spiro atoms. The second-order valence-electron chi connectivity index (χ2n) is 7.18. The van der Waals surface area contributed by atoms with Crippen LogP contribution in [0.2, 0.25) is 0 Å². The number of benzene rings is 2. The largest absolute Gasteiger partial charge is 0.352 e. The van der Waals surface area contributed by atoms with Crippen molar-refractivity contribution in [2.45, 2.75) is 24.0 Å². The van der Waals surface area contributed by atoms with Crippen LogP contribution in [0.25, 0.3) is 16.4 Å². The van der Waals surface area contributed by atoms with Crippen molar-refractivity contribution in [3.05, 3.63) is 83.2 Å². The van der Waals surface area contributed by atoms with E-state index < -0.39 is 0 Å². The molecule has 150 valence electrons. The Kier molecular flexibility index (Phi) is 5.38. The first-order valence-corrected chi connectivity index (χ1v) is 11.7. The Morgan fingerprint density at radius 1 is 1.00 bits per heavy atom. The summed E-state index contributed by atoms with van der Waals surface area (Å²) < 4.78 is 2.02. The number of amides is 1. The van der Waals surface area contributed by atoms with Gasteiger partial charge in [0, 0.05) is 11.7 Å².